The first-order valence-corrected chi connectivity index (χ1v) is 9.65. The van der Waals surface area contributed by atoms with E-state index in [4.69, 9.17) is 19.0 Å². The molecule has 0 aromatic heterocycles. The van der Waals surface area contributed by atoms with Crippen LogP contribution in [0.3, 0.4) is 0 Å². The first kappa shape index (κ1) is 21.3. The van der Waals surface area contributed by atoms with Gasteiger partial charge in [-0.25, -0.2) is 4.79 Å². The van der Waals surface area contributed by atoms with Gasteiger partial charge in [0.15, 0.2) is 0 Å². The van der Waals surface area contributed by atoms with Crippen molar-refractivity contribution >= 4 is 17.8 Å². The van der Waals surface area contributed by atoms with E-state index in [0.29, 0.717) is 37.1 Å². The second-order valence-electron chi connectivity index (χ2n) is 6.53. The Morgan fingerprint density at radius 1 is 0.933 bits per heavy atom. The van der Waals surface area contributed by atoms with Crippen LogP contribution in [0.25, 0.3) is 0 Å². The summed E-state index contributed by atoms with van der Waals surface area (Å²) < 4.78 is 16.3. The molecule has 0 atom stereocenters. The van der Waals surface area contributed by atoms with Crippen molar-refractivity contribution in [1.29, 1.82) is 0 Å². The summed E-state index contributed by atoms with van der Waals surface area (Å²) in [5.74, 6) is -1.48. The molecule has 0 aliphatic carbocycles. The van der Waals surface area contributed by atoms with Crippen molar-refractivity contribution in [1.82, 2.24) is 5.06 Å². The van der Waals surface area contributed by atoms with E-state index in [-0.39, 0.29) is 22.4 Å². The maximum Gasteiger partial charge on any atom is 0.367 e. The van der Waals surface area contributed by atoms with Crippen LogP contribution in [0.5, 0.6) is 11.5 Å². The van der Waals surface area contributed by atoms with Gasteiger partial charge in [-0.3, -0.25) is 9.59 Å². The van der Waals surface area contributed by atoms with Crippen LogP contribution >= 0.6 is 0 Å². The Morgan fingerprint density at radius 3 is 2.27 bits per heavy atom. The summed E-state index contributed by atoms with van der Waals surface area (Å²) in [6, 6.07) is 11.0. The Bertz CT molecular complexity index is 906. The molecule has 158 valence electrons. The first-order valence-electron chi connectivity index (χ1n) is 9.65. The Balaban J connectivity index is 1.78. The molecule has 2 aromatic rings. The van der Waals surface area contributed by atoms with Gasteiger partial charge < -0.3 is 19.0 Å². The molecule has 0 N–H and O–H groups in total. The molecule has 1 aliphatic heterocycles. The van der Waals surface area contributed by atoms with Gasteiger partial charge in [-0.2, -0.15) is 0 Å². The monoisotopic (exact) mass is 413 g/mol. The van der Waals surface area contributed by atoms with E-state index >= 15 is 0 Å². The lowest BCUT2D eigenvalue weighted by Crippen LogP contribution is -2.32. The first-order chi connectivity index (χ1) is 14.6. The topological polar surface area (TPSA) is 91.4 Å². The number of rotatable bonds is 10. The predicted octanol–water partition coefficient (Wildman–Crippen LogP) is 3.26. The highest BCUT2D eigenvalue weighted by Crippen LogP contribution is 2.28. The van der Waals surface area contributed by atoms with Crippen LogP contribution in [0.2, 0.25) is 0 Å². The Morgan fingerprint density at radius 2 is 1.63 bits per heavy atom. The molecule has 0 saturated heterocycles. The molecular formula is C22H23NO7. The summed E-state index contributed by atoms with van der Waals surface area (Å²) in [5, 5.41) is 0.475. The van der Waals surface area contributed by atoms with Gasteiger partial charge in [0.1, 0.15) is 17.1 Å². The van der Waals surface area contributed by atoms with E-state index in [1.54, 1.807) is 31.4 Å². The van der Waals surface area contributed by atoms with E-state index in [1.807, 2.05) is 6.92 Å². The van der Waals surface area contributed by atoms with Gasteiger partial charge in [-0.15, -0.1) is 0 Å². The normalized spacial score (nSPS) is 12.7. The molecule has 0 saturated carbocycles. The molecule has 0 fully saturated rings. The zero-order valence-electron chi connectivity index (χ0n) is 16.9. The number of carbonyl (C=O) groups is 3. The summed E-state index contributed by atoms with van der Waals surface area (Å²) in [6.45, 7) is 3.30. The molecule has 30 heavy (non-hydrogen) atoms. The third-order valence-corrected chi connectivity index (χ3v) is 4.33. The Hall–Kier alpha value is -3.39. The van der Waals surface area contributed by atoms with Crippen molar-refractivity contribution < 1.29 is 33.4 Å². The number of fused-ring (bicyclic) bond motifs is 1. The highest BCUT2D eigenvalue weighted by molar-refractivity contribution is 6.21. The van der Waals surface area contributed by atoms with Crippen molar-refractivity contribution in [2.45, 2.75) is 19.8 Å². The lowest BCUT2D eigenvalue weighted by molar-refractivity contribution is -0.0586. The third kappa shape index (κ3) is 4.60. The van der Waals surface area contributed by atoms with Gasteiger partial charge in [0.25, 0.3) is 11.8 Å². The molecule has 0 spiro atoms. The molecule has 8 heteroatoms. The van der Waals surface area contributed by atoms with E-state index in [9.17, 15) is 14.4 Å². The van der Waals surface area contributed by atoms with E-state index < -0.39 is 17.8 Å². The Labute approximate surface area is 174 Å². The van der Waals surface area contributed by atoms with Crippen molar-refractivity contribution in [2.24, 2.45) is 0 Å². The van der Waals surface area contributed by atoms with Crippen molar-refractivity contribution in [3.63, 3.8) is 0 Å². The summed E-state index contributed by atoms with van der Waals surface area (Å²) in [5.41, 5.74) is 0.456. The summed E-state index contributed by atoms with van der Waals surface area (Å²) in [4.78, 5) is 42.8. The van der Waals surface area contributed by atoms with E-state index in [0.717, 1.165) is 6.42 Å². The van der Waals surface area contributed by atoms with Gasteiger partial charge in [0, 0.05) is 26.2 Å². The predicted molar refractivity (Wildman–Crippen MR) is 107 cm³/mol. The number of nitrogens with zero attached hydrogens (tertiary/aromatic N) is 1. The molecular weight excluding hydrogens is 390 g/mol. The molecule has 2 aromatic carbocycles. The van der Waals surface area contributed by atoms with Crippen molar-refractivity contribution in [3.05, 3.63) is 59.2 Å². The van der Waals surface area contributed by atoms with Crippen molar-refractivity contribution in [2.75, 3.05) is 26.9 Å². The maximum atomic E-state index is 12.8. The van der Waals surface area contributed by atoms with Crippen LogP contribution in [0, 0.1) is 0 Å². The second kappa shape index (κ2) is 9.89. The number of methoxy groups -OCH3 is 1. The van der Waals surface area contributed by atoms with Crippen LogP contribution in [-0.2, 0) is 9.57 Å². The summed E-state index contributed by atoms with van der Waals surface area (Å²) >= 11 is 0. The highest BCUT2D eigenvalue weighted by Gasteiger charge is 2.39. The molecule has 8 nitrogen and oxygen atoms in total. The minimum Gasteiger partial charge on any atom is -0.493 e. The second-order valence-corrected chi connectivity index (χ2v) is 6.53. The van der Waals surface area contributed by atoms with E-state index in [2.05, 4.69) is 0 Å². The zero-order valence-corrected chi connectivity index (χ0v) is 16.9. The lowest BCUT2D eigenvalue weighted by atomic mass is 10.1. The molecule has 2 amide bonds. The van der Waals surface area contributed by atoms with Gasteiger partial charge in [-0.05, 0) is 30.7 Å². The average Bonchev–Trinajstić information content (AvgIpc) is 3.00. The number of imide groups is 1. The molecule has 0 unspecified atom stereocenters. The number of carbonyl (C=O) groups excluding carboxylic acids is 3. The molecule has 3 rings (SSSR count). The number of hydrogen-bond donors (Lipinski definition) is 0. The van der Waals surface area contributed by atoms with Gasteiger partial charge in [-0.1, -0.05) is 24.1 Å². The smallest absolute Gasteiger partial charge is 0.367 e. The molecule has 1 heterocycles. The zero-order chi connectivity index (χ0) is 21.5. The van der Waals surface area contributed by atoms with Crippen LogP contribution in [0.1, 0.15) is 50.8 Å². The Kier molecular flexibility index (Phi) is 7.03. The van der Waals surface area contributed by atoms with Crippen LogP contribution in [0.15, 0.2) is 42.5 Å². The minimum atomic E-state index is -0.881. The van der Waals surface area contributed by atoms with Crippen molar-refractivity contribution in [3.8, 4) is 11.5 Å². The maximum absolute atomic E-state index is 12.8. The average molecular weight is 413 g/mol. The van der Waals surface area contributed by atoms with Gasteiger partial charge in [0.05, 0.1) is 24.3 Å². The fourth-order valence-corrected chi connectivity index (χ4v) is 2.87. The summed E-state index contributed by atoms with van der Waals surface area (Å²) in [6.07, 6.45) is 1.44. The van der Waals surface area contributed by atoms with Gasteiger partial charge in [0.2, 0.25) is 0 Å². The molecule has 1 aliphatic rings. The van der Waals surface area contributed by atoms with E-state index in [1.165, 1.54) is 18.2 Å². The van der Waals surface area contributed by atoms with Crippen LogP contribution < -0.4 is 9.47 Å². The lowest BCUT2D eigenvalue weighted by Gasteiger charge is -2.16. The standard InChI is InChI=1S/C22H23NO7/c1-3-11-28-15-9-10-18(19(14-15)29-13-6-12-27-2)22(26)30-23-20(24)16-7-4-5-8-17(16)21(23)25/h4-5,7-10,14H,3,6,11-13H2,1-2H3. The number of benzene rings is 2. The number of amides is 2. The number of hydrogen-bond acceptors (Lipinski definition) is 7. The van der Waals surface area contributed by atoms with Crippen LogP contribution in [-0.4, -0.2) is 49.8 Å². The quantitative estimate of drug-likeness (QED) is 0.436. The number of hydroxylamine groups is 2. The fraction of sp³-hybridized carbons (Fsp3) is 0.318. The third-order valence-electron chi connectivity index (χ3n) is 4.33. The van der Waals surface area contributed by atoms with Crippen LogP contribution in [0.4, 0.5) is 0 Å². The highest BCUT2D eigenvalue weighted by atomic mass is 16.7. The fourth-order valence-electron chi connectivity index (χ4n) is 2.87. The largest absolute Gasteiger partial charge is 0.493 e. The molecule has 0 bridgehead atoms. The molecule has 0 radical (unpaired) electrons. The summed E-state index contributed by atoms with van der Waals surface area (Å²) in [7, 11) is 1.59. The minimum absolute atomic E-state index is 0.0767. The number of ether oxygens (including phenoxy) is 3. The van der Waals surface area contributed by atoms with Gasteiger partial charge >= 0.3 is 5.97 Å². The SMILES string of the molecule is CCCOc1ccc(C(=O)ON2C(=O)c3ccccc3C2=O)c(OCCCOC)c1.